The van der Waals surface area contributed by atoms with Crippen LogP contribution in [0.5, 0.6) is 0 Å². The first-order valence-corrected chi connectivity index (χ1v) is 8.88. The summed E-state index contributed by atoms with van der Waals surface area (Å²) in [7, 11) is 0. The minimum atomic E-state index is 0.642. The van der Waals surface area contributed by atoms with E-state index in [1.807, 2.05) is 0 Å². The molecule has 0 spiro atoms. The highest BCUT2D eigenvalue weighted by Gasteiger charge is 2.07. The Morgan fingerprint density at radius 2 is 0.885 bits per heavy atom. The van der Waals surface area contributed by atoms with E-state index in [9.17, 15) is 0 Å². The normalized spacial score (nSPS) is 9.62. The van der Waals surface area contributed by atoms with E-state index in [0.717, 1.165) is 0 Å². The lowest BCUT2D eigenvalue weighted by atomic mass is 9.91. The molecule has 0 bridgehead atoms. The summed E-state index contributed by atoms with van der Waals surface area (Å²) < 4.78 is 0. The molecule has 0 saturated heterocycles. The predicted octanol–water partition coefficient (Wildman–Crippen LogP) is 7.09. The van der Waals surface area contributed by atoms with Gasteiger partial charge in [0.25, 0.3) is 0 Å². The molecule has 0 atom stereocenters. The van der Waals surface area contributed by atoms with Crippen LogP contribution in [0.15, 0.2) is 48.5 Å². The fourth-order valence-electron chi connectivity index (χ4n) is 2.51. The van der Waals surface area contributed by atoms with Crippen molar-refractivity contribution >= 4 is 0 Å². The molecule has 148 valence electrons. The molecule has 2 aromatic rings. The van der Waals surface area contributed by atoms with Crippen LogP contribution in [-0.4, -0.2) is 21.0 Å². The van der Waals surface area contributed by atoms with E-state index in [0.29, 0.717) is 17.8 Å². The lowest BCUT2D eigenvalue weighted by Crippen LogP contribution is -1.97. The molecule has 2 rings (SSSR count). The van der Waals surface area contributed by atoms with Crippen LogP contribution in [0.2, 0.25) is 0 Å². The van der Waals surface area contributed by atoms with E-state index in [2.05, 4.69) is 97.0 Å². The largest absolute Gasteiger partial charge is 0.255 e. The van der Waals surface area contributed by atoms with Crippen LogP contribution >= 0.6 is 0 Å². The highest BCUT2D eigenvalue weighted by atomic mass is 17.0. The second-order valence-corrected chi connectivity index (χ2v) is 7.00. The summed E-state index contributed by atoms with van der Waals surface area (Å²) in [4.78, 5) is 0. The van der Waals surface area contributed by atoms with Gasteiger partial charge in [-0.15, -0.1) is 0 Å². The molecule has 4 heteroatoms. The summed E-state index contributed by atoms with van der Waals surface area (Å²) in [6.45, 7) is 15.5. The molecule has 0 aliphatic heterocycles. The second-order valence-electron chi connectivity index (χ2n) is 7.00. The maximum atomic E-state index is 6.00. The Hall–Kier alpha value is -1.72. The molecular formula is C22H36O4. The van der Waals surface area contributed by atoms with Gasteiger partial charge in [-0.3, -0.25) is 21.0 Å². The van der Waals surface area contributed by atoms with Crippen LogP contribution in [0.25, 0.3) is 0 Å². The maximum absolute atomic E-state index is 6.00. The van der Waals surface area contributed by atoms with Crippen molar-refractivity contribution in [3.63, 3.8) is 0 Å². The van der Waals surface area contributed by atoms with Gasteiger partial charge in [0, 0.05) is 0 Å². The molecule has 0 aliphatic carbocycles. The van der Waals surface area contributed by atoms with Crippen molar-refractivity contribution in [2.75, 3.05) is 0 Å². The average molecular weight is 365 g/mol. The molecule has 2 aromatic carbocycles. The molecule has 0 amide bonds. The molecule has 26 heavy (non-hydrogen) atoms. The fraction of sp³-hybridized carbons (Fsp3) is 0.455. The number of hydrogen-bond acceptors (Lipinski definition) is 4. The van der Waals surface area contributed by atoms with Crippen molar-refractivity contribution in [3.05, 3.63) is 70.8 Å². The average Bonchev–Trinajstić information content (AvgIpc) is 2.66. The van der Waals surface area contributed by atoms with Crippen LogP contribution in [0.1, 0.15) is 81.5 Å². The van der Waals surface area contributed by atoms with Crippen LogP contribution < -0.4 is 0 Å². The Labute approximate surface area is 158 Å². The van der Waals surface area contributed by atoms with E-state index in [1.54, 1.807) is 0 Å². The van der Waals surface area contributed by atoms with E-state index >= 15 is 0 Å². The zero-order chi connectivity index (χ0) is 20.7. The molecule has 0 fully saturated rings. The lowest BCUT2D eigenvalue weighted by molar-refractivity contribution is -0.176. The molecule has 0 heterocycles. The first kappa shape index (κ1) is 26.5. The number of rotatable bonds is 3. The van der Waals surface area contributed by atoms with Crippen LogP contribution in [0.4, 0.5) is 0 Å². The molecule has 0 aliphatic rings. The maximum Gasteiger partial charge on any atom is -0.0216 e. The van der Waals surface area contributed by atoms with E-state index in [-0.39, 0.29) is 0 Å². The molecule has 0 saturated carbocycles. The standard InChI is InChI=1S/C12H18.C10H14.2H2O2/c1-9(2)11-7-5-6-8-12(11)10(3)4;1-8(2)10-6-4-9(3)5-7-10;2*1-2/h5-10H,1-4H3;4-8H,1-3H3;2*1-2H. The predicted molar refractivity (Wildman–Crippen MR) is 110 cm³/mol. The van der Waals surface area contributed by atoms with Gasteiger partial charge in [-0.25, -0.2) is 0 Å². The second kappa shape index (κ2) is 15.5. The molecule has 4 N–H and O–H groups in total. The van der Waals surface area contributed by atoms with E-state index < -0.39 is 0 Å². The lowest BCUT2D eigenvalue weighted by Gasteiger charge is -2.14. The summed E-state index contributed by atoms with van der Waals surface area (Å²) in [6.07, 6.45) is 0. The first-order valence-electron chi connectivity index (χ1n) is 8.88. The third-order valence-electron chi connectivity index (χ3n) is 3.98. The minimum Gasteiger partial charge on any atom is -0.255 e. The summed E-state index contributed by atoms with van der Waals surface area (Å²) in [5, 5.41) is 24.0. The number of aryl methyl sites for hydroxylation is 1. The smallest absolute Gasteiger partial charge is 0.0216 e. The van der Waals surface area contributed by atoms with Gasteiger partial charge in [-0.1, -0.05) is 95.6 Å². The van der Waals surface area contributed by atoms with Gasteiger partial charge in [-0.05, 0) is 41.4 Å². The van der Waals surface area contributed by atoms with Crippen LogP contribution in [0, 0.1) is 6.92 Å². The molecule has 4 nitrogen and oxygen atoms in total. The SMILES string of the molecule is CC(C)c1ccccc1C(C)C.Cc1ccc(C(C)C)cc1.OO.OO. The number of benzene rings is 2. The first-order chi connectivity index (χ1) is 12.3. The third-order valence-corrected chi connectivity index (χ3v) is 3.98. The quantitative estimate of drug-likeness (QED) is 0.346. The van der Waals surface area contributed by atoms with Crippen LogP contribution in [-0.2, 0) is 0 Å². The monoisotopic (exact) mass is 364 g/mol. The zero-order valence-corrected chi connectivity index (χ0v) is 17.1. The molecule has 0 aromatic heterocycles. The Balaban J connectivity index is 0. The van der Waals surface area contributed by atoms with E-state index in [4.69, 9.17) is 21.0 Å². The van der Waals surface area contributed by atoms with Crippen molar-refractivity contribution < 1.29 is 21.0 Å². The fourth-order valence-corrected chi connectivity index (χ4v) is 2.51. The van der Waals surface area contributed by atoms with Gasteiger partial charge in [0.2, 0.25) is 0 Å². The van der Waals surface area contributed by atoms with Crippen molar-refractivity contribution in [2.24, 2.45) is 0 Å². The Morgan fingerprint density at radius 3 is 1.15 bits per heavy atom. The van der Waals surface area contributed by atoms with Crippen molar-refractivity contribution in [1.29, 1.82) is 0 Å². The Bertz CT molecular complexity index is 534. The zero-order valence-electron chi connectivity index (χ0n) is 17.1. The Morgan fingerprint density at radius 1 is 0.538 bits per heavy atom. The number of hydrogen-bond donors (Lipinski definition) is 4. The molecule has 0 radical (unpaired) electrons. The topological polar surface area (TPSA) is 80.9 Å². The summed E-state index contributed by atoms with van der Waals surface area (Å²) >= 11 is 0. The van der Waals surface area contributed by atoms with Crippen LogP contribution in [0.3, 0.4) is 0 Å². The highest BCUT2D eigenvalue weighted by molar-refractivity contribution is 5.31. The van der Waals surface area contributed by atoms with Gasteiger partial charge in [0.1, 0.15) is 0 Å². The summed E-state index contributed by atoms with van der Waals surface area (Å²) in [5.41, 5.74) is 5.75. The van der Waals surface area contributed by atoms with Gasteiger partial charge in [-0.2, -0.15) is 0 Å². The van der Waals surface area contributed by atoms with Crippen molar-refractivity contribution in [1.82, 2.24) is 0 Å². The molecule has 0 unspecified atom stereocenters. The van der Waals surface area contributed by atoms with E-state index in [1.165, 1.54) is 22.3 Å². The minimum absolute atomic E-state index is 0.642. The van der Waals surface area contributed by atoms with Gasteiger partial charge in [0.05, 0.1) is 0 Å². The van der Waals surface area contributed by atoms with Crippen molar-refractivity contribution in [2.45, 2.75) is 66.2 Å². The summed E-state index contributed by atoms with van der Waals surface area (Å²) in [5.74, 6) is 1.94. The van der Waals surface area contributed by atoms with Gasteiger partial charge in [0.15, 0.2) is 0 Å². The van der Waals surface area contributed by atoms with Gasteiger partial charge >= 0.3 is 0 Å². The van der Waals surface area contributed by atoms with Crippen molar-refractivity contribution in [3.8, 4) is 0 Å². The Kier molecular flexibility index (Phi) is 15.8. The highest BCUT2D eigenvalue weighted by Crippen LogP contribution is 2.25. The molecular weight excluding hydrogens is 328 g/mol. The summed E-state index contributed by atoms with van der Waals surface area (Å²) in [6, 6.07) is 17.4. The van der Waals surface area contributed by atoms with Gasteiger partial charge < -0.3 is 0 Å². The third kappa shape index (κ3) is 10.3.